The number of aromatic nitrogens is 1. The number of fused-ring (bicyclic) bond motifs is 5. The van der Waals surface area contributed by atoms with Crippen LogP contribution in [0.4, 0.5) is 0 Å². The molecule has 3 aliphatic carbocycles. The van der Waals surface area contributed by atoms with Gasteiger partial charge in [-0.25, -0.2) is 13.4 Å². The summed E-state index contributed by atoms with van der Waals surface area (Å²) in [6.07, 6.45) is 17.6. The topological polar surface area (TPSA) is 135 Å². The van der Waals surface area contributed by atoms with Crippen molar-refractivity contribution in [2.75, 3.05) is 13.1 Å². The van der Waals surface area contributed by atoms with E-state index in [9.17, 15) is 22.8 Å². The van der Waals surface area contributed by atoms with Crippen LogP contribution in [0.25, 0.3) is 10.9 Å². The Morgan fingerprint density at radius 2 is 1.79 bits per heavy atom. The molecule has 6 aliphatic rings. The molecule has 8 rings (SSSR count). The van der Waals surface area contributed by atoms with E-state index in [1.165, 1.54) is 25.7 Å². The van der Waals surface area contributed by atoms with Gasteiger partial charge in [0.05, 0.1) is 40.0 Å². The Hall–Kier alpha value is -3.31. The number of para-hydroxylation sites is 1. The smallest absolute Gasteiger partial charge is 0.240 e. The predicted octanol–water partition coefficient (Wildman–Crippen LogP) is 6.23. The lowest BCUT2D eigenvalue weighted by Gasteiger charge is -2.36. The highest BCUT2D eigenvalue weighted by molar-refractivity contribution is 7.91. The van der Waals surface area contributed by atoms with E-state index in [0.29, 0.717) is 44.4 Å². The first-order valence-corrected chi connectivity index (χ1v) is 21.8. The van der Waals surface area contributed by atoms with Crippen molar-refractivity contribution < 1.29 is 27.5 Å². The van der Waals surface area contributed by atoms with Crippen LogP contribution in [0, 0.1) is 24.2 Å². The van der Waals surface area contributed by atoms with E-state index in [1.54, 1.807) is 11.8 Å². The van der Waals surface area contributed by atoms with E-state index in [0.717, 1.165) is 73.0 Å². The number of rotatable bonds is 7. The Balaban J connectivity index is 1.10. The van der Waals surface area contributed by atoms with E-state index in [1.807, 2.05) is 31.2 Å². The number of hydrogen-bond acceptors (Lipinski definition) is 8. The molecule has 5 atom stereocenters. The van der Waals surface area contributed by atoms with Crippen molar-refractivity contribution in [3.63, 3.8) is 0 Å². The molecule has 1 saturated heterocycles. The Morgan fingerprint density at radius 3 is 2.58 bits per heavy atom. The zero-order valence-corrected chi connectivity index (χ0v) is 32.3. The molecule has 3 saturated carbocycles. The second kappa shape index (κ2) is 14.1. The molecule has 1 spiro atoms. The van der Waals surface area contributed by atoms with Gasteiger partial charge >= 0.3 is 0 Å². The molecule has 0 radical (unpaired) electrons. The van der Waals surface area contributed by atoms with Gasteiger partial charge in [0.1, 0.15) is 11.4 Å². The maximum absolute atomic E-state index is 14.8. The quantitative estimate of drug-likeness (QED) is 0.319. The third kappa shape index (κ3) is 7.05. The highest BCUT2D eigenvalue weighted by Gasteiger charge is 2.63. The van der Waals surface area contributed by atoms with Crippen LogP contribution < -0.4 is 14.8 Å². The van der Waals surface area contributed by atoms with Crippen molar-refractivity contribution in [1.82, 2.24) is 19.9 Å². The highest BCUT2D eigenvalue weighted by Crippen LogP contribution is 2.58. The number of aryl methyl sites for hydroxylation is 2. The summed E-state index contributed by atoms with van der Waals surface area (Å²) < 4.78 is 34.9. The fourth-order valence-corrected chi connectivity index (χ4v) is 11.1. The molecule has 0 unspecified atom stereocenters. The predicted molar refractivity (Wildman–Crippen MR) is 204 cm³/mol. The fourth-order valence-electron chi connectivity index (χ4n) is 9.80. The number of Topliss-reactive ketones (excluding diaryl/α,β-unsaturated/α-hetero) is 1. The Kier molecular flexibility index (Phi) is 9.74. The summed E-state index contributed by atoms with van der Waals surface area (Å²) in [5, 5.41) is 4.71. The van der Waals surface area contributed by atoms with Gasteiger partial charge in [-0.3, -0.25) is 19.1 Å². The van der Waals surface area contributed by atoms with Crippen LogP contribution in [0.2, 0.25) is 0 Å². The molecule has 4 heterocycles. The number of nitrogens with zero attached hydrogens (tertiary/aromatic N) is 2. The van der Waals surface area contributed by atoms with Gasteiger partial charge in [-0.15, -0.1) is 0 Å². The van der Waals surface area contributed by atoms with Crippen LogP contribution in [0.3, 0.4) is 0 Å². The molecular formula is C42H56N4O6S. The number of amides is 2. The summed E-state index contributed by atoms with van der Waals surface area (Å²) in [4.78, 5) is 50.2. The molecule has 2 amide bonds. The van der Waals surface area contributed by atoms with Crippen LogP contribution in [0.5, 0.6) is 5.75 Å². The third-order valence-corrected chi connectivity index (χ3v) is 15.8. The van der Waals surface area contributed by atoms with Gasteiger partial charge in [0, 0.05) is 23.8 Å². The van der Waals surface area contributed by atoms with Crippen molar-refractivity contribution in [1.29, 1.82) is 0 Å². The van der Waals surface area contributed by atoms with Crippen molar-refractivity contribution >= 4 is 38.5 Å². The van der Waals surface area contributed by atoms with Crippen LogP contribution in [-0.2, 0) is 30.8 Å². The zero-order valence-electron chi connectivity index (χ0n) is 31.5. The summed E-state index contributed by atoms with van der Waals surface area (Å²) in [5.41, 5.74) is 0.893. The van der Waals surface area contributed by atoms with E-state index in [4.69, 9.17) is 9.72 Å². The first kappa shape index (κ1) is 36.7. The van der Waals surface area contributed by atoms with Crippen molar-refractivity contribution in [3.8, 4) is 5.75 Å². The maximum Gasteiger partial charge on any atom is 0.240 e. The minimum atomic E-state index is -3.88. The first-order valence-electron chi connectivity index (χ1n) is 20.3. The minimum Gasteiger partial charge on any atom is -0.483 e. The van der Waals surface area contributed by atoms with Gasteiger partial charge in [0.2, 0.25) is 21.8 Å². The summed E-state index contributed by atoms with van der Waals surface area (Å²) in [6, 6.07) is 6.88. The van der Waals surface area contributed by atoms with Gasteiger partial charge in [0.25, 0.3) is 0 Å². The Morgan fingerprint density at radius 1 is 1.02 bits per heavy atom. The zero-order chi connectivity index (χ0) is 37.0. The van der Waals surface area contributed by atoms with Crippen molar-refractivity contribution in [2.24, 2.45) is 17.3 Å². The molecule has 10 nitrogen and oxygen atoms in total. The molecule has 2 aromatic rings. The Bertz CT molecular complexity index is 1920. The molecule has 286 valence electrons. The van der Waals surface area contributed by atoms with Gasteiger partial charge in [0.15, 0.2) is 5.78 Å². The fraction of sp³-hybridized carbons (Fsp3) is 0.667. The number of benzene rings is 1. The normalized spacial score (nSPS) is 32.3. The minimum absolute atomic E-state index is 0.0718. The number of hydrogen-bond donors (Lipinski definition) is 2. The molecular weight excluding hydrogens is 689 g/mol. The number of carbonyl (C=O) groups excluding carboxylic acids is 3. The van der Waals surface area contributed by atoms with E-state index in [2.05, 4.69) is 22.2 Å². The lowest BCUT2D eigenvalue weighted by molar-refractivity contribution is -0.140. The Labute approximate surface area is 314 Å². The monoisotopic (exact) mass is 744 g/mol. The lowest BCUT2D eigenvalue weighted by Crippen LogP contribution is -2.52. The van der Waals surface area contributed by atoms with Crippen LogP contribution >= 0.6 is 0 Å². The average molecular weight is 745 g/mol. The number of pyridine rings is 1. The second-order valence-electron chi connectivity index (χ2n) is 17.5. The maximum atomic E-state index is 14.8. The number of nitrogens with one attached hydrogen (secondary N) is 2. The molecule has 3 aliphatic heterocycles. The van der Waals surface area contributed by atoms with E-state index >= 15 is 0 Å². The molecule has 1 aromatic heterocycles. The number of allylic oxidation sites excluding steroid dienone is 2. The first-order chi connectivity index (χ1) is 25.4. The molecule has 11 heteroatoms. The van der Waals surface area contributed by atoms with Crippen LogP contribution in [0.1, 0.15) is 121 Å². The summed E-state index contributed by atoms with van der Waals surface area (Å²) in [6.45, 7) is 4.66. The van der Waals surface area contributed by atoms with Crippen LogP contribution in [-0.4, -0.2) is 71.4 Å². The average Bonchev–Trinajstić information content (AvgIpc) is 3.92. The standard InChI is InChI=1S/C42H56N4O6S/c1-28-37-32(31-15-10-11-16-33(31)44-28)18-20-41(52-37)25-35-36(47)26-42(39(49)45-53(50,51)40(2)21-22-40)24-30(42)14-6-4-3-5-7-17-34(38(48)46(35)27-41)43-23-19-29-12-8-9-13-29/h6,10-11,14-16,29-30,34-35,43H,3-5,7-9,12-13,17-27H2,1-2H3,(H,45,49)/b14-6-/t30-,34+,35+,41-,42-/m1/s1. The molecule has 53 heavy (non-hydrogen) atoms. The number of ether oxygens (including phenoxy) is 1. The lowest BCUT2D eigenvalue weighted by atomic mass is 9.85. The van der Waals surface area contributed by atoms with Crippen LogP contribution in [0.15, 0.2) is 36.4 Å². The second-order valence-corrected chi connectivity index (χ2v) is 19.7. The van der Waals surface area contributed by atoms with Gasteiger partial charge in [-0.2, -0.15) is 0 Å². The summed E-state index contributed by atoms with van der Waals surface area (Å²) in [7, 11) is -3.88. The number of sulfonamides is 1. The van der Waals surface area contributed by atoms with E-state index < -0.39 is 43.8 Å². The molecule has 0 bridgehead atoms. The molecule has 2 N–H and O–H groups in total. The van der Waals surface area contributed by atoms with Gasteiger partial charge < -0.3 is 15.0 Å². The highest BCUT2D eigenvalue weighted by atomic mass is 32.2. The molecule has 4 fully saturated rings. The summed E-state index contributed by atoms with van der Waals surface area (Å²) >= 11 is 0. The van der Waals surface area contributed by atoms with Gasteiger partial charge in [-0.1, -0.05) is 68.9 Å². The molecule has 1 aromatic carbocycles. The largest absolute Gasteiger partial charge is 0.483 e. The number of ketones is 1. The third-order valence-electron chi connectivity index (χ3n) is 13.7. The van der Waals surface area contributed by atoms with Crippen molar-refractivity contribution in [3.05, 3.63) is 47.7 Å². The van der Waals surface area contributed by atoms with Crippen molar-refractivity contribution in [2.45, 2.75) is 145 Å². The SMILES string of the molecule is Cc1nc2ccccc2c2c1O[C@]1(CC2)C[C@H]2C(=O)C[C@]3(C(=O)NS(=O)(=O)C4(C)CC4)C[C@H]3/C=C\CCCCC[C@H](NCCC3CCCC3)C(=O)N2C1. The summed E-state index contributed by atoms with van der Waals surface area (Å²) in [5.74, 6) is 0.344. The van der Waals surface area contributed by atoms with E-state index in [-0.39, 0.29) is 30.6 Å². The number of carbonyl (C=O) groups is 3. The van der Waals surface area contributed by atoms with Gasteiger partial charge in [-0.05, 0) is 96.1 Å².